The van der Waals surface area contributed by atoms with Crippen LogP contribution in [-0.4, -0.2) is 21.4 Å². The SMILES string of the molecule is C=C(CCC(O)(CC)CC)CC1(O)C2CC3CC(C2)CC1C3. The quantitative estimate of drug-likeness (QED) is 0.682. The van der Waals surface area contributed by atoms with Gasteiger partial charge < -0.3 is 10.2 Å². The summed E-state index contributed by atoms with van der Waals surface area (Å²) in [6.07, 6.45) is 10.4. The second-order valence-corrected chi connectivity index (χ2v) is 8.65. The molecule has 4 fully saturated rings. The molecule has 0 aromatic heterocycles. The average Bonchev–Trinajstić information content (AvgIpc) is 2.50. The minimum Gasteiger partial charge on any atom is -0.390 e. The van der Waals surface area contributed by atoms with Gasteiger partial charge in [0, 0.05) is 0 Å². The summed E-state index contributed by atoms with van der Waals surface area (Å²) in [5.74, 6) is 2.80. The Balaban J connectivity index is 1.59. The Kier molecular flexibility index (Phi) is 4.46. The maximum atomic E-state index is 11.4. The molecule has 0 atom stereocenters. The van der Waals surface area contributed by atoms with Crippen molar-refractivity contribution in [2.45, 2.75) is 89.3 Å². The highest BCUT2D eigenvalue weighted by Crippen LogP contribution is 2.59. The predicted octanol–water partition coefficient (Wildman–Crippen LogP) is 4.45. The van der Waals surface area contributed by atoms with Crippen molar-refractivity contribution in [3.63, 3.8) is 0 Å². The minimum absolute atomic E-state index is 0.485. The van der Waals surface area contributed by atoms with Crippen molar-refractivity contribution < 1.29 is 10.2 Å². The molecule has 126 valence electrons. The molecular weight excluding hydrogens is 272 g/mol. The zero-order valence-electron chi connectivity index (χ0n) is 14.5. The lowest BCUT2D eigenvalue weighted by Crippen LogP contribution is -2.57. The number of hydrogen-bond donors (Lipinski definition) is 2. The molecule has 4 aliphatic rings. The van der Waals surface area contributed by atoms with E-state index in [2.05, 4.69) is 20.4 Å². The Hall–Kier alpha value is -0.340. The summed E-state index contributed by atoms with van der Waals surface area (Å²) < 4.78 is 0. The molecule has 0 radical (unpaired) electrons. The van der Waals surface area contributed by atoms with Gasteiger partial charge >= 0.3 is 0 Å². The molecule has 0 spiro atoms. The second-order valence-electron chi connectivity index (χ2n) is 8.65. The summed E-state index contributed by atoms with van der Waals surface area (Å²) in [6.45, 7) is 8.36. The molecule has 4 aliphatic carbocycles. The second kappa shape index (κ2) is 5.94. The number of rotatable bonds is 7. The van der Waals surface area contributed by atoms with Crippen molar-refractivity contribution in [1.29, 1.82) is 0 Å². The molecule has 2 heteroatoms. The van der Waals surface area contributed by atoms with Gasteiger partial charge in [-0.25, -0.2) is 0 Å². The zero-order valence-corrected chi connectivity index (χ0v) is 14.5. The van der Waals surface area contributed by atoms with E-state index >= 15 is 0 Å². The van der Waals surface area contributed by atoms with E-state index in [1.54, 1.807) is 0 Å². The van der Waals surface area contributed by atoms with E-state index in [-0.39, 0.29) is 0 Å². The third-order valence-corrected chi connectivity index (χ3v) is 7.35. The van der Waals surface area contributed by atoms with Crippen molar-refractivity contribution in [3.8, 4) is 0 Å². The van der Waals surface area contributed by atoms with Gasteiger partial charge in [-0.2, -0.15) is 0 Å². The van der Waals surface area contributed by atoms with E-state index in [9.17, 15) is 10.2 Å². The Morgan fingerprint density at radius 2 is 1.55 bits per heavy atom. The molecular formula is C20H34O2. The highest BCUT2D eigenvalue weighted by atomic mass is 16.3. The van der Waals surface area contributed by atoms with Gasteiger partial charge in [-0.3, -0.25) is 0 Å². The van der Waals surface area contributed by atoms with Crippen LogP contribution in [0.4, 0.5) is 0 Å². The van der Waals surface area contributed by atoms with Crippen molar-refractivity contribution >= 4 is 0 Å². The lowest BCUT2D eigenvalue weighted by molar-refractivity contribution is -0.172. The van der Waals surface area contributed by atoms with Gasteiger partial charge in [-0.05, 0) is 87.9 Å². The van der Waals surface area contributed by atoms with Crippen LogP contribution < -0.4 is 0 Å². The molecule has 0 saturated heterocycles. The Morgan fingerprint density at radius 1 is 1.05 bits per heavy atom. The lowest BCUT2D eigenvalue weighted by atomic mass is 9.49. The molecule has 0 amide bonds. The molecule has 0 unspecified atom stereocenters. The number of aliphatic hydroxyl groups is 2. The maximum absolute atomic E-state index is 11.4. The van der Waals surface area contributed by atoms with Crippen LogP contribution in [-0.2, 0) is 0 Å². The van der Waals surface area contributed by atoms with Crippen LogP contribution >= 0.6 is 0 Å². The van der Waals surface area contributed by atoms with E-state index in [0.717, 1.165) is 49.5 Å². The van der Waals surface area contributed by atoms with E-state index < -0.39 is 11.2 Å². The van der Waals surface area contributed by atoms with Gasteiger partial charge in [-0.15, -0.1) is 0 Å². The van der Waals surface area contributed by atoms with Gasteiger partial charge in [0.1, 0.15) is 0 Å². The average molecular weight is 306 g/mol. The fourth-order valence-electron chi connectivity index (χ4n) is 5.79. The van der Waals surface area contributed by atoms with Crippen molar-refractivity contribution in [2.24, 2.45) is 23.7 Å². The van der Waals surface area contributed by atoms with Crippen LogP contribution in [0, 0.1) is 23.7 Å². The molecule has 0 aromatic carbocycles. The molecule has 2 N–H and O–H groups in total. The van der Waals surface area contributed by atoms with Gasteiger partial charge in [0.25, 0.3) is 0 Å². The summed E-state index contributed by atoms with van der Waals surface area (Å²) in [4.78, 5) is 0. The summed E-state index contributed by atoms with van der Waals surface area (Å²) in [5.41, 5.74) is 0.117. The third kappa shape index (κ3) is 2.89. The predicted molar refractivity (Wildman–Crippen MR) is 90.5 cm³/mol. The molecule has 4 bridgehead atoms. The first-order chi connectivity index (χ1) is 10.4. The fourth-order valence-corrected chi connectivity index (χ4v) is 5.79. The smallest absolute Gasteiger partial charge is 0.0741 e. The van der Waals surface area contributed by atoms with Gasteiger partial charge in [0.2, 0.25) is 0 Å². The summed E-state index contributed by atoms with van der Waals surface area (Å²) >= 11 is 0. The van der Waals surface area contributed by atoms with Crippen LogP contribution in [0.15, 0.2) is 12.2 Å². The highest BCUT2D eigenvalue weighted by molar-refractivity contribution is 5.13. The van der Waals surface area contributed by atoms with Gasteiger partial charge in [0.05, 0.1) is 11.2 Å². The van der Waals surface area contributed by atoms with Crippen LogP contribution in [0.25, 0.3) is 0 Å². The van der Waals surface area contributed by atoms with Crippen molar-refractivity contribution in [1.82, 2.24) is 0 Å². The molecule has 4 saturated carbocycles. The Labute approximate surface area is 136 Å². The van der Waals surface area contributed by atoms with Crippen LogP contribution in [0.5, 0.6) is 0 Å². The van der Waals surface area contributed by atoms with Crippen LogP contribution in [0.2, 0.25) is 0 Å². The molecule has 22 heavy (non-hydrogen) atoms. The van der Waals surface area contributed by atoms with Crippen molar-refractivity contribution in [3.05, 3.63) is 12.2 Å². The van der Waals surface area contributed by atoms with Gasteiger partial charge in [0.15, 0.2) is 0 Å². The fraction of sp³-hybridized carbons (Fsp3) is 0.900. The first-order valence-electron chi connectivity index (χ1n) is 9.50. The van der Waals surface area contributed by atoms with E-state index in [0.29, 0.717) is 11.8 Å². The summed E-state index contributed by atoms with van der Waals surface area (Å²) in [5, 5.41) is 21.8. The molecule has 0 aromatic rings. The topological polar surface area (TPSA) is 40.5 Å². The standard InChI is InChI=1S/C20H34O2/c1-4-19(21,5-2)7-6-14(3)13-20(22)17-9-15-8-16(11-17)12-18(20)10-15/h15-18,21-22H,3-13H2,1-2H3. The molecule has 4 rings (SSSR count). The summed E-state index contributed by atoms with van der Waals surface area (Å²) in [6, 6.07) is 0. The molecule has 0 heterocycles. The third-order valence-electron chi connectivity index (χ3n) is 7.35. The first kappa shape index (κ1) is 16.5. The van der Waals surface area contributed by atoms with Gasteiger partial charge in [-0.1, -0.05) is 26.0 Å². The highest BCUT2D eigenvalue weighted by Gasteiger charge is 2.56. The lowest BCUT2D eigenvalue weighted by Gasteiger charge is -2.59. The monoisotopic (exact) mass is 306 g/mol. The van der Waals surface area contributed by atoms with Crippen LogP contribution in [0.1, 0.15) is 78.1 Å². The van der Waals surface area contributed by atoms with E-state index in [1.807, 2.05) is 0 Å². The number of hydrogen-bond acceptors (Lipinski definition) is 2. The van der Waals surface area contributed by atoms with Crippen LogP contribution in [0.3, 0.4) is 0 Å². The molecule has 2 nitrogen and oxygen atoms in total. The van der Waals surface area contributed by atoms with E-state index in [1.165, 1.54) is 32.1 Å². The summed E-state index contributed by atoms with van der Waals surface area (Å²) in [7, 11) is 0. The zero-order chi connectivity index (χ0) is 16.0. The normalized spacial score (nSPS) is 40.2. The van der Waals surface area contributed by atoms with Crippen molar-refractivity contribution in [2.75, 3.05) is 0 Å². The maximum Gasteiger partial charge on any atom is 0.0741 e. The molecule has 0 aliphatic heterocycles. The Bertz CT molecular complexity index is 393. The first-order valence-corrected chi connectivity index (χ1v) is 9.50. The Morgan fingerprint density at radius 3 is 2.00 bits per heavy atom. The largest absolute Gasteiger partial charge is 0.390 e. The minimum atomic E-state index is -0.546. The van der Waals surface area contributed by atoms with E-state index in [4.69, 9.17) is 0 Å².